The van der Waals surface area contributed by atoms with Crippen LogP contribution in [0.2, 0.25) is 0 Å². The lowest BCUT2D eigenvalue weighted by atomic mass is 9.88. The molecule has 2 heterocycles. The summed E-state index contributed by atoms with van der Waals surface area (Å²) in [7, 11) is 2.02. The van der Waals surface area contributed by atoms with Crippen molar-refractivity contribution in [1.82, 2.24) is 4.90 Å². The van der Waals surface area contributed by atoms with Gasteiger partial charge in [0.05, 0.1) is 11.3 Å². The lowest BCUT2D eigenvalue weighted by molar-refractivity contribution is -0.122. The average Bonchev–Trinajstić information content (AvgIpc) is 2.75. The van der Waals surface area contributed by atoms with E-state index in [-0.39, 0.29) is 29.0 Å². The first kappa shape index (κ1) is 14.0. The number of amides is 1. The Kier molecular flexibility index (Phi) is 3.41. The highest BCUT2D eigenvalue weighted by Gasteiger charge is 2.43. The molecule has 3 rings (SSSR count). The van der Waals surface area contributed by atoms with Gasteiger partial charge in [-0.25, -0.2) is 9.18 Å². The Morgan fingerprint density at radius 3 is 2.81 bits per heavy atom. The van der Waals surface area contributed by atoms with E-state index in [4.69, 9.17) is 5.11 Å². The van der Waals surface area contributed by atoms with E-state index in [1.54, 1.807) is 0 Å². The standard InChI is InChI=1S/C15H17FN2O3/c1-17-5-4-11-10(7-17)8-18(14(11)19)13-3-2-9(15(20)21)6-12(13)16/h2-3,6,10-11H,4-5,7-8H2,1H3,(H,20,21)/t10-,11-/m0/s1. The van der Waals surface area contributed by atoms with Crippen LogP contribution < -0.4 is 4.90 Å². The molecule has 1 amide bonds. The molecule has 0 spiro atoms. The molecule has 0 aliphatic carbocycles. The maximum atomic E-state index is 14.1. The SMILES string of the molecule is CN1CC[C@@H]2C(=O)N(c3ccc(C(=O)O)cc3F)C[C@@H]2C1. The Balaban J connectivity index is 1.88. The van der Waals surface area contributed by atoms with Gasteiger partial charge in [0.2, 0.25) is 5.91 Å². The fourth-order valence-corrected chi connectivity index (χ4v) is 3.32. The zero-order valence-electron chi connectivity index (χ0n) is 11.8. The van der Waals surface area contributed by atoms with Gasteiger partial charge in [-0.2, -0.15) is 0 Å². The first-order chi connectivity index (χ1) is 9.97. The zero-order valence-corrected chi connectivity index (χ0v) is 11.8. The summed E-state index contributed by atoms with van der Waals surface area (Å²) in [4.78, 5) is 26.9. The molecule has 2 aliphatic heterocycles. The number of benzene rings is 1. The van der Waals surface area contributed by atoms with Crippen LogP contribution in [0.5, 0.6) is 0 Å². The summed E-state index contributed by atoms with van der Waals surface area (Å²) in [6.07, 6.45) is 0.797. The van der Waals surface area contributed by atoms with Gasteiger partial charge in [0.25, 0.3) is 0 Å². The van der Waals surface area contributed by atoms with E-state index >= 15 is 0 Å². The van der Waals surface area contributed by atoms with Crippen molar-refractivity contribution in [2.24, 2.45) is 11.8 Å². The highest BCUT2D eigenvalue weighted by Crippen LogP contribution is 2.35. The minimum absolute atomic E-state index is 0.0419. The predicted molar refractivity (Wildman–Crippen MR) is 74.8 cm³/mol. The number of rotatable bonds is 2. The third-order valence-corrected chi connectivity index (χ3v) is 4.42. The summed E-state index contributed by atoms with van der Waals surface area (Å²) >= 11 is 0. The molecule has 21 heavy (non-hydrogen) atoms. The molecule has 1 N–H and O–H groups in total. The van der Waals surface area contributed by atoms with E-state index in [0.29, 0.717) is 6.54 Å². The number of aromatic carboxylic acids is 1. The summed E-state index contributed by atoms with van der Waals surface area (Å²) in [5.41, 5.74) is 0.0714. The second kappa shape index (κ2) is 5.11. The van der Waals surface area contributed by atoms with Gasteiger partial charge in [0, 0.05) is 24.9 Å². The molecule has 112 valence electrons. The molecule has 2 fully saturated rings. The van der Waals surface area contributed by atoms with E-state index < -0.39 is 11.8 Å². The quantitative estimate of drug-likeness (QED) is 0.896. The third-order valence-electron chi connectivity index (χ3n) is 4.42. The maximum Gasteiger partial charge on any atom is 0.335 e. The molecule has 6 heteroatoms. The third kappa shape index (κ3) is 2.40. The molecule has 1 aromatic carbocycles. The summed E-state index contributed by atoms with van der Waals surface area (Å²) in [5.74, 6) is -1.71. The predicted octanol–water partition coefficient (Wildman–Crippen LogP) is 1.44. The summed E-state index contributed by atoms with van der Waals surface area (Å²) < 4.78 is 14.1. The summed E-state index contributed by atoms with van der Waals surface area (Å²) in [6, 6.07) is 3.69. The van der Waals surface area contributed by atoms with Gasteiger partial charge in [-0.3, -0.25) is 4.79 Å². The summed E-state index contributed by atoms with van der Waals surface area (Å²) in [5, 5.41) is 8.86. The molecule has 2 atom stereocenters. The lowest BCUT2D eigenvalue weighted by Crippen LogP contribution is -2.38. The molecule has 5 nitrogen and oxygen atoms in total. The molecule has 0 radical (unpaired) electrons. The molecule has 0 unspecified atom stereocenters. The molecule has 0 bridgehead atoms. The van der Waals surface area contributed by atoms with Gasteiger partial charge in [-0.1, -0.05) is 0 Å². The van der Waals surface area contributed by atoms with Gasteiger partial charge >= 0.3 is 5.97 Å². The van der Waals surface area contributed by atoms with Crippen molar-refractivity contribution in [1.29, 1.82) is 0 Å². The number of halogens is 1. The van der Waals surface area contributed by atoms with Crippen LogP contribution in [0.3, 0.4) is 0 Å². The number of piperidine rings is 1. The number of carboxylic acids is 1. The van der Waals surface area contributed by atoms with Gasteiger partial charge in [0.15, 0.2) is 0 Å². The minimum atomic E-state index is -1.18. The second-order valence-electron chi connectivity index (χ2n) is 5.84. The fraction of sp³-hybridized carbons (Fsp3) is 0.467. The van der Waals surface area contributed by atoms with E-state index in [2.05, 4.69) is 4.90 Å². The van der Waals surface area contributed by atoms with E-state index in [9.17, 15) is 14.0 Å². The van der Waals surface area contributed by atoms with Crippen molar-refractivity contribution >= 4 is 17.6 Å². The largest absolute Gasteiger partial charge is 0.478 e. The second-order valence-corrected chi connectivity index (χ2v) is 5.84. The first-order valence-corrected chi connectivity index (χ1v) is 7.00. The Morgan fingerprint density at radius 2 is 2.14 bits per heavy atom. The Labute approximate surface area is 122 Å². The van der Waals surface area contributed by atoms with E-state index in [1.807, 2.05) is 7.05 Å². The number of fused-ring (bicyclic) bond motifs is 1. The van der Waals surface area contributed by atoms with Crippen molar-refractivity contribution in [3.05, 3.63) is 29.6 Å². The van der Waals surface area contributed by atoms with E-state index in [1.165, 1.54) is 17.0 Å². The maximum absolute atomic E-state index is 14.1. The van der Waals surface area contributed by atoms with Crippen molar-refractivity contribution in [2.45, 2.75) is 6.42 Å². The van der Waals surface area contributed by atoms with Gasteiger partial charge in [-0.05, 0) is 38.2 Å². The van der Waals surface area contributed by atoms with Crippen LogP contribution in [0.1, 0.15) is 16.8 Å². The van der Waals surface area contributed by atoms with Crippen molar-refractivity contribution in [3.8, 4) is 0 Å². The highest BCUT2D eigenvalue weighted by molar-refractivity contribution is 5.98. The van der Waals surface area contributed by atoms with Crippen molar-refractivity contribution in [2.75, 3.05) is 31.6 Å². The van der Waals surface area contributed by atoms with Gasteiger partial charge < -0.3 is 14.9 Å². The Bertz CT molecular complexity index is 605. The Hall–Kier alpha value is -1.95. The van der Waals surface area contributed by atoms with Crippen LogP contribution in [0, 0.1) is 17.7 Å². The lowest BCUT2D eigenvalue weighted by Gasteiger charge is -2.29. The smallest absolute Gasteiger partial charge is 0.335 e. The van der Waals surface area contributed by atoms with Crippen LogP contribution in [0.25, 0.3) is 0 Å². The number of carbonyl (C=O) groups excluding carboxylic acids is 1. The number of likely N-dealkylation sites (tertiary alicyclic amines) is 1. The number of nitrogens with zero attached hydrogens (tertiary/aromatic N) is 2. The zero-order chi connectivity index (χ0) is 15.1. The number of hydrogen-bond acceptors (Lipinski definition) is 3. The van der Waals surface area contributed by atoms with Crippen LogP contribution in [-0.4, -0.2) is 48.6 Å². The number of carboxylic acid groups (broad SMARTS) is 1. The minimum Gasteiger partial charge on any atom is -0.478 e. The average molecular weight is 292 g/mol. The molecule has 2 saturated heterocycles. The number of carbonyl (C=O) groups is 2. The van der Waals surface area contributed by atoms with Crippen molar-refractivity contribution in [3.63, 3.8) is 0 Å². The molecular weight excluding hydrogens is 275 g/mol. The van der Waals surface area contributed by atoms with Crippen molar-refractivity contribution < 1.29 is 19.1 Å². The number of anilines is 1. The normalized spacial score (nSPS) is 26.0. The molecule has 1 aromatic rings. The Morgan fingerprint density at radius 1 is 1.38 bits per heavy atom. The van der Waals surface area contributed by atoms with Crippen LogP contribution >= 0.6 is 0 Å². The molecule has 2 aliphatic rings. The van der Waals surface area contributed by atoms with Crippen LogP contribution in [0.4, 0.5) is 10.1 Å². The van der Waals surface area contributed by atoms with Gasteiger partial charge in [-0.15, -0.1) is 0 Å². The summed E-state index contributed by atoms with van der Waals surface area (Å²) in [6.45, 7) is 2.21. The van der Waals surface area contributed by atoms with E-state index in [0.717, 1.165) is 25.6 Å². The van der Waals surface area contributed by atoms with Crippen LogP contribution in [-0.2, 0) is 4.79 Å². The molecule has 0 saturated carbocycles. The van der Waals surface area contributed by atoms with Gasteiger partial charge in [0.1, 0.15) is 5.82 Å². The topological polar surface area (TPSA) is 60.9 Å². The fourth-order valence-electron chi connectivity index (χ4n) is 3.32. The van der Waals surface area contributed by atoms with Crippen LogP contribution in [0.15, 0.2) is 18.2 Å². The molecular formula is C15H17FN2O3. The first-order valence-electron chi connectivity index (χ1n) is 7.00. The highest BCUT2D eigenvalue weighted by atomic mass is 19.1. The molecule has 0 aromatic heterocycles. The number of hydrogen-bond donors (Lipinski definition) is 1. The monoisotopic (exact) mass is 292 g/mol.